The Morgan fingerprint density at radius 2 is 2.10 bits per heavy atom. The fourth-order valence-electron chi connectivity index (χ4n) is 1.62. The number of hydrogen-bond acceptors (Lipinski definition) is 5. The van der Waals surface area contributed by atoms with Crippen molar-refractivity contribution in [3.63, 3.8) is 0 Å². The monoisotopic (exact) mass is 292 g/mol. The predicted octanol–water partition coefficient (Wildman–Crippen LogP) is 2.97. The van der Waals surface area contributed by atoms with Crippen molar-refractivity contribution in [2.75, 3.05) is 11.9 Å². The van der Waals surface area contributed by atoms with Crippen molar-refractivity contribution in [3.8, 4) is 5.88 Å². The number of halogens is 1. The summed E-state index contributed by atoms with van der Waals surface area (Å²) in [4.78, 5) is 12.5. The summed E-state index contributed by atoms with van der Waals surface area (Å²) in [6.45, 7) is 4.65. The first-order chi connectivity index (χ1) is 9.63. The lowest BCUT2D eigenvalue weighted by Gasteiger charge is -2.10. The van der Waals surface area contributed by atoms with E-state index in [0.29, 0.717) is 16.9 Å². The average molecular weight is 293 g/mol. The Kier molecular flexibility index (Phi) is 5.12. The molecule has 5 nitrogen and oxygen atoms in total. The van der Waals surface area contributed by atoms with E-state index in [1.54, 1.807) is 24.7 Å². The Bertz CT molecular complexity index is 545. The van der Waals surface area contributed by atoms with Crippen molar-refractivity contribution in [1.29, 1.82) is 0 Å². The highest BCUT2D eigenvalue weighted by Crippen LogP contribution is 2.11. The van der Waals surface area contributed by atoms with Crippen molar-refractivity contribution in [3.05, 3.63) is 41.4 Å². The molecular weight excluding hydrogens is 276 g/mol. The molecule has 2 heterocycles. The van der Waals surface area contributed by atoms with Crippen LogP contribution in [0.5, 0.6) is 5.88 Å². The van der Waals surface area contributed by atoms with E-state index in [0.717, 1.165) is 18.5 Å². The van der Waals surface area contributed by atoms with Gasteiger partial charge < -0.3 is 10.1 Å². The molecule has 0 aliphatic carbocycles. The van der Waals surface area contributed by atoms with E-state index in [9.17, 15) is 0 Å². The number of nitrogens with zero attached hydrogens (tertiary/aromatic N) is 3. The van der Waals surface area contributed by atoms with E-state index < -0.39 is 0 Å². The van der Waals surface area contributed by atoms with Crippen molar-refractivity contribution >= 4 is 17.4 Å². The van der Waals surface area contributed by atoms with Gasteiger partial charge in [0, 0.05) is 12.7 Å². The molecule has 0 saturated heterocycles. The molecule has 0 atom stereocenters. The third-order valence-corrected chi connectivity index (χ3v) is 2.70. The summed E-state index contributed by atoms with van der Waals surface area (Å²) in [6.07, 6.45) is 5.97. The van der Waals surface area contributed by atoms with Crippen molar-refractivity contribution in [2.24, 2.45) is 0 Å². The zero-order valence-electron chi connectivity index (χ0n) is 11.5. The van der Waals surface area contributed by atoms with Crippen LogP contribution in [0.3, 0.4) is 0 Å². The van der Waals surface area contributed by atoms with Gasteiger partial charge in [-0.2, -0.15) is 4.98 Å². The second kappa shape index (κ2) is 7.05. The van der Waals surface area contributed by atoms with Gasteiger partial charge >= 0.3 is 0 Å². The lowest BCUT2D eigenvalue weighted by atomic mass is 10.2. The molecule has 0 fully saturated rings. The highest BCUT2D eigenvalue weighted by Gasteiger charge is 2.02. The molecule has 0 spiro atoms. The van der Waals surface area contributed by atoms with Gasteiger partial charge in [0.15, 0.2) is 0 Å². The van der Waals surface area contributed by atoms with Crippen LogP contribution in [0.4, 0.5) is 5.82 Å². The Balaban J connectivity index is 1.86. The lowest BCUT2D eigenvalue weighted by molar-refractivity contribution is 0.232. The van der Waals surface area contributed by atoms with Crippen LogP contribution in [0.1, 0.15) is 19.4 Å². The first kappa shape index (κ1) is 14.5. The molecular formula is C14H17ClN4O. The first-order valence-electron chi connectivity index (χ1n) is 6.46. The summed E-state index contributed by atoms with van der Waals surface area (Å²) in [5.74, 6) is 1.23. The van der Waals surface area contributed by atoms with Gasteiger partial charge in [0.05, 0.1) is 18.5 Å². The maximum Gasteiger partial charge on any atom is 0.234 e. The van der Waals surface area contributed by atoms with Crippen LogP contribution in [-0.2, 0) is 6.42 Å². The van der Waals surface area contributed by atoms with Crippen LogP contribution < -0.4 is 10.1 Å². The van der Waals surface area contributed by atoms with Gasteiger partial charge in [-0.1, -0.05) is 17.7 Å². The average Bonchev–Trinajstić information content (AvgIpc) is 2.41. The van der Waals surface area contributed by atoms with Gasteiger partial charge in [0.1, 0.15) is 11.0 Å². The topological polar surface area (TPSA) is 59.9 Å². The van der Waals surface area contributed by atoms with Crippen LogP contribution >= 0.6 is 11.6 Å². The zero-order valence-corrected chi connectivity index (χ0v) is 12.3. The molecule has 2 rings (SSSR count). The van der Waals surface area contributed by atoms with Gasteiger partial charge in [-0.3, -0.25) is 4.98 Å². The molecule has 0 aliphatic heterocycles. The molecule has 0 bridgehead atoms. The Morgan fingerprint density at radius 3 is 2.80 bits per heavy atom. The molecule has 20 heavy (non-hydrogen) atoms. The number of pyridine rings is 1. The SMILES string of the molecule is CC(C)Oc1cncc(NCCc2ccc(Cl)nc2)n1. The van der Waals surface area contributed by atoms with E-state index >= 15 is 0 Å². The first-order valence-corrected chi connectivity index (χ1v) is 6.84. The number of nitrogens with one attached hydrogen (secondary N) is 1. The molecule has 2 aromatic rings. The van der Waals surface area contributed by atoms with Crippen LogP contribution in [0.25, 0.3) is 0 Å². The molecule has 0 amide bonds. The predicted molar refractivity (Wildman–Crippen MR) is 79.2 cm³/mol. The summed E-state index contributed by atoms with van der Waals surface area (Å²) in [7, 11) is 0. The molecule has 106 valence electrons. The summed E-state index contributed by atoms with van der Waals surface area (Å²) < 4.78 is 5.49. The molecule has 0 radical (unpaired) electrons. The van der Waals surface area contributed by atoms with E-state index in [-0.39, 0.29) is 6.10 Å². The number of aromatic nitrogens is 3. The van der Waals surface area contributed by atoms with Crippen LogP contribution in [0.15, 0.2) is 30.7 Å². The quantitative estimate of drug-likeness (QED) is 0.830. The number of rotatable bonds is 6. The number of ether oxygens (including phenoxy) is 1. The second-order valence-corrected chi connectivity index (χ2v) is 4.96. The highest BCUT2D eigenvalue weighted by molar-refractivity contribution is 6.29. The molecule has 0 aliphatic rings. The zero-order chi connectivity index (χ0) is 14.4. The third-order valence-electron chi connectivity index (χ3n) is 2.48. The van der Waals surface area contributed by atoms with Crippen molar-refractivity contribution in [2.45, 2.75) is 26.4 Å². The van der Waals surface area contributed by atoms with E-state index in [1.807, 2.05) is 19.9 Å². The van der Waals surface area contributed by atoms with Crippen LogP contribution in [0.2, 0.25) is 5.15 Å². The molecule has 0 saturated carbocycles. The molecule has 0 aromatic carbocycles. The molecule has 0 unspecified atom stereocenters. The van der Waals surface area contributed by atoms with Crippen LogP contribution in [-0.4, -0.2) is 27.6 Å². The standard InChI is InChI=1S/C14H17ClN4O/c1-10(2)20-14-9-16-8-13(19-14)17-6-5-11-3-4-12(15)18-7-11/h3-4,7-10H,5-6H2,1-2H3,(H,17,19). The Hall–Kier alpha value is -1.88. The van der Waals surface area contributed by atoms with Gasteiger partial charge in [-0.05, 0) is 31.9 Å². The fourth-order valence-corrected chi connectivity index (χ4v) is 1.73. The normalized spacial score (nSPS) is 10.6. The molecule has 1 N–H and O–H groups in total. The van der Waals surface area contributed by atoms with Crippen molar-refractivity contribution in [1.82, 2.24) is 15.0 Å². The number of anilines is 1. The minimum Gasteiger partial charge on any atom is -0.474 e. The number of hydrogen-bond donors (Lipinski definition) is 1. The maximum atomic E-state index is 5.74. The Labute approximate surface area is 123 Å². The lowest BCUT2D eigenvalue weighted by Crippen LogP contribution is -2.10. The fraction of sp³-hybridized carbons (Fsp3) is 0.357. The van der Waals surface area contributed by atoms with Crippen molar-refractivity contribution < 1.29 is 4.74 Å². The summed E-state index contributed by atoms with van der Waals surface area (Å²) in [5, 5.41) is 3.71. The van der Waals surface area contributed by atoms with Gasteiger partial charge in [-0.15, -0.1) is 0 Å². The summed E-state index contributed by atoms with van der Waals surface area (Å²) in [6, 6.07) is 3.74. The minimum absolute atomic E-state index is 0.0830. The van der Waals surface area contributed by atoms with Crippen LogP contribution in [0, 0.1) is 0 Å². The molecule has 2 aromatic heterocycles. The minimum atomic E-state index is 0.0830. The highest BCUT2D eigenvalue weighted by atomic mass is 35.5. The van der Waals surface area contributed by atoms with Gasteiger partial charge in [-0.25, -0.2) is 4.98 Å². The maximum absolute atomic E-state index is 5.74. The van der Waals surface area contributed by atoms with E-state index in [2.05, 4.69) is 20.3 Å². The third kappa shape index (κ3) is 4.66. The second-order valence-electron chi connectivity index (χ2n) is 4.58. The largest absolute Gasteiger partial charge is 0.474 e. The summed E-state index contributed by atoms with van der Waals surface area (Å²) in [5.41, 5.74) is 1.12. The van der Waals surface area contributed by atoms with Gasteiger partial charge in [0.2, 0.25) is 5.88 Å². The van der Waals surface area contributed by atoms with E-state index in [1.165, 1.54) is 0 Å². The Morgan fingerprint density at radius 1 is 1.25 bits per heavy atom. The van der Waals surface area contributed by atoms with E-state index in [4.69, 9.17) is 16.3 Å². The van der Waals surface area contributed by atoms with Gasteiger partial charge in [0.25, 0.3) is 0 Å². The summed E-state index contributed by atoms with van der Waals surface area (Å²) >= 11 is 5.74. The molecule has 6 heteroatoms. The smallest absolute Gasteiger partial charge is 0.234 e.